The average Bonchev–Trinajstić information content (AvgIpc) is 2.60. The van der Waals surface area contributed by atoms with Crippen molar-refractivity contribution in [3.63, 3.8) is 0 Å². The Labute approximate surface area is 99.6 Å². The summed E-state index contributed by atoms with van der Waals surface area (Å²) in [7, 11) is -3.46. The number of H-pyrrole nitrogens is 1. The lowest BCUT2D eigenvalue weighted by molar-refractivity contribution is 0.283. The number of aromatic nitrogens is 2. The molecule has 0 saturated heterocycles. The minimum Gasteiger partial charge on any atom is -0.297 e. The number of sulfone groups is 1. The van der Waals surface area contributed by atoms with Crippen molar-refractivity contribution in [2.75, 3.05) is 12.8 Å². The predicted octanol–water partition coefficient (Wildman–Crippen LogP) is -0.101. The van der Waals surface area contributed by atoms with Gasteiger partial charge in [-0.05, 0) is 13.0 Å². The molecule has 0 radical (unpaired) electrons. The second-order valence-corrected chi connectivity index (χ2v) is 6.21. The Hall–Kier alpha value is -1.21. The summed E-state index contributed by atoms with van der Waals surface area (Å²) in [6.07, 6.45) is 2.03. The van der Waals surface area contributed by atoms with Gasteiger partial charge in [-0.25, -0.2) is 13.4 Å². The number of rotatable bonds is 3. The van der Waals surface area contributed by atoms with E-state index in [1.807, 2.05) is 0 Å². The molecule has 1 aromatic rings. The smallest absolute Gasteiger partial charge is 0.256 e. The van der Waals surface area contributed by atoms with Crippen LogP contribution in [0.3, 0.4) is 0 Å². The molecule has 2 rings (SSSR count). The highest BCUT2D eigenvalue weighted by atomic mass is 32.2. The van der Waals surface area contributed by atoms with Crippen LogP contribution in [0.15, 0.2) is 9.95 Å². The first-order valence-electron chi connectivity index (χ1n) is 5.46. The van der Waals surface area contributed by atoms with Gasteiger partial charge in [0.05, 0.1) is 11.3 Å². The monoisotopic (exact) mass is 257 g/mol. The lowest BCUT2D eigenvalue weighted by atomic mass is 10.3. The van der Waals surface area contributed by atoms with Crippen molar-refractivity contribution in [1.29, 1.82) is 0 Å². The molecule has 6 nitrogen and oxygen atoms in total. The molecule has 0 fully saturated rings. The van der Waals surface area contributed by atoms with Gasteiger partial charge in [-0.15, -0.1) is 0 Å². The van der Waals surface area contributed by atoms with Crippen LogP contribution in [0.5, 0.6) is 0 Å². The summed E-state index contributed by atoms with van der Waals surface area (Å²) in [5.41, 5.74) is 0.836. The van der Waals surface area contributed by atoms with E-state index >= 15 is 0 Å². The largest absolute Gasteiger partial charge is 0.297 e. The molecule has 1 aromatic heterocycles. The lowest BCUT2D eigenvalue weighted by Crippen LogP contribution is -2.20. The summed E-state index contributed by atoms with van der Waals surface area (Å²) in [5.74, 6) is 0. The molecule has 0 unspecified atom stereocenters. The molecule has 0 amide bonds. The van der Waals surface area contributed by atoms with Gasteiger partial charge in [-0.3, -0.25) is 14.7 Å². The molecule has 0 aliphatic carbocycles. The number of hydrogen-bond acceptors (Lipinski definition) is 5. The summed E-state index contributed by atoms with van der Waals surface area (Å²) in [4.78, 5) is 20.2. The van der Waals surface area contributed by atoms with Crippen LogP contribution in [0.1, 0.15) is 24.6 Å². The molecule has 17 heavy (non-hydrogen) atoms. The third kappa shape index (κ3) is 2.39. The molecule has 0 saturated carbocycles. The van der Waals surface area contributed by atoms with Gasteiger partial charge in [0.15, 0.2) is 0 Å². The van der Waals surface area contributed by atoms with Crippen molar-refractivity contribution in [2.45, 2.75) is 31.6 Å². The van der Waals surface area contributed by atoms with Crippen molar-refractivity contribution in [3.05, 3.63) is 21.6 Å². The van der Waals surface area contributed by atoms with Crippen LogP contribution >= 0.6 is 0 Å². The third-order valence-electron chi connectivity index (χ3n) is 2.73. The lowest BCUT2D eigenvalue weighted by Gasteiger charge is -2.11. The number of nitrogens with zero attached hydrogens (tertiary/aromatic N) is 2. The zero-order valence-corrected chi connectivity index (χ0v) is 10.7. The molecule has 94 valence electrons. The third-order valence-corrected chi connectivity index (χ3v) is 3.62. The highest BCUT2D eigenvalue weighted by Gasteiger charge is 2.25. The van der Waals surface area contributed by atoms with Crippen LogP contribution in [0.2, 0.25) is 0 Å². The Morgan fingerprint density at radius 3 is 2.71 bits per heavy atom. The Morgan fingerprint density at radius 1 is 1.41 bits per heavy atom. The van der Waals surface area contributed by atoms with Crippen molar-refractivity contribution < 1.29 is 8.42 Å². The zero-order chi connectivity index (χ0) is 12.6. The summed E-state index contributed by atoms with van der Waals surface area (Å²) in [6.45, 7) is 4.04. The van der Waals surface area contributed by atoms with E-state index in [4.69, 9.17) is 0 Å². The van der Waals surface area contributed by atoms with E-state index in [1.54, 1.807) is 0 Å². The van der Waals surface area contributed by atoms with Crippen molar-refractivity contribution in [2.24, 2.45) is 0 Å². The zero-order valence-electron chi connectivity index (χ0n) is 9.86. The highest BCUT2D eigenvalue weighted by Crippen LogP contribution is 2.18. The first kappa shape index (κ1) is 12.3. The van der Waals surface area contributed by atoms with Crippen LogP contribution in [0.25, 0.3) is 0 Å². The van der Waals surface area contributed by atoms with Crippen molar-refractivity contribution >= 4 is 9.84 Å². The van der Waals surface area contributed by atoms with Crippen molar-refractivity contribution in [1.82, 2.24) is 14.9 Å². The van der Waals surface area contributed by atoms with Gasteiger partial charge in [-0.2, -0.15) is 0 Å². The minimum absolute atomic E-state index is 0.236. The number of aromatic amines is 1. The Kier molecular flexibility index (Phi) is 3.05. The quantitative estimate of drug-likeness (QED) is 0.764. The molecule has 0 spiro atoms. The number of nitrogens with one attached hydrogen (secondary N) is 1. The molecule has 0 atom stereocenters. The van der Waals surface area contributed by atoms with Gasteiger partial charge in [-0.1, -0.05) is 6.92 Å². The molecule has 1 aliphatic heterocycles. The fourth-order valence-electron chi connectivity index (χ4n) is 1.96. The fraction of sp³-hybridized carbons (Fsp3) is 0.600. The maximum absolute atomic E-state index is 11.7. The first-order valence-corrected chi connectivity index (χ1v) is 7.35. The number of hydrogen-bond donors (Lipinski definition) is 1. The fourth-order valence-corrected chi connectivity index (χ4v) is 2.51. The molecular weight excluding hydrogens is 242 g/mol. The molecule has 1 aliphatic rings. The standard InChI is InChI=1S/C10H15N3O3S/c1-3-4-13-5-7-8(6-13)11-10(12-9(7)14)17(2,15)16/h3-6H2,1-2H3,(H,11,12,14). The van der Waals surface area contributed by atoms with Crippen LogP contribution < -0.4 is 5.56 Å². The van der Waals surface area contributed by atoms with Crippen LogP contribution in [-0.2, 0) is 22.9 Å². The van der Waals surface area contributed by atoms with Gasteiger partial charge in [0.2, 0.25) is 15.0 Å². The topological polar surface area (TPSA) is 83.1 Å². The van der Waals surface area contributed by atoms with E-state index in [9.17, 15) is 13.2 Å². The Balaban J connectivity index is 2.43. The molecule has 0 aromatic carbocycles. The SMILES string of the molecule is CCCN1Cc2nc(S(C)(=O)=O)[nH]c(=O)c2C1. The average molecular weight is 257 g/mol. The second-order valence-electron chi connectivity index (χ2n) is 4.28. The Bertz CT molecular complexity index is 591. The van der Waals surface area contributed by atoms with Gasteiger partial charge >= 0.3 is 0 Å². The van der Waals surface area contributed by atoms with Gasteiger partial charge in [0.1, 0.15) is 0 Å². The van der Waals surface area contributed by atoms with Gasteiger partial charge in [0.25, 0.3) is 5.56 Å². The molecule has 2 heterocycles. The summed E-state index contributed by atoms with van der Waals surface area (Å²) < 4.78 is 22.7. The first-order chi connectivity index (χ1) is 7.91. The van der Waals surface area contributed by atoms with E-state index in [0.29, 0.717) is 24.3 Å². The van der Waals surface area contributed by atoms with Gasteiger partial charge in [0, 0.05) is 19.3 Å². The maximum atomic E-state index is 11.7. The molecule has 7 heteroatoms. The van der Waals surface area contributed by atoms with Crippen LogP contribution in [0.4, 0.5) is 0 Å². The number of fused-ring (bicyclic) bond motifs is 1. The predicted molar refractivity (Wildman–Crippen MR) is 62.4 cm³/mol. The van der Waals surface area contributed by atoms with Crippen LogP contribution in [0, 0.1) is 0 Å². The maximum Gasteiger partial charge on any atom is 0.256 e. The Morgan fingerprint density at radius 2 is 2.12 bits per heavy atom. The normalized spacial score (nSPS) is 16.1. The van der Waals surface area contributed by atoms with Crippen LogP contribution in [-0.4, -0.2) is 36.1 Å². The van der Waals surface area contributed by atoms with E-state index in [1.165, 1.54) is 0 Å². The van der Waals surface area contributed by atoms with E-state index in [-0.39, 0.29) is 10.7 Å². The second kappa shape index (κ2) is 4.23. The summed E-state index contributed by atoms with van der Waals surface area (Å²) in [6, 6.07) is 0. The van der Waals surface area contributed by atoms with Gasteiger partial charge < -0.3 is 0 Å². The van der Waals surface area contributed by atoms with Crippen molar-refractivity contribution in [3.8, 4) is 0 Å². The highest BCUT2D eigenvalue weighted by molar-refractivity contribution is 7.90. The van der Waals surface area contributed by atoms with E-state index < -0.39 is 9.84 Å². The molecule has 0 bridgehead atoms. The minimum atomic E-state index is -3.46. The molecular formula is C10H15N3O3S. The van der Waals surface area contributed by atoms with E-state index in [0.717, 1.165) is 19.2 Å². The van der Waals surface area contributed by atoms with E-state index in [2.05, 4.69) is 21.8 Å². The summed E-state index contributed by atoms with van der Waals surface area (Å²) in [5, 5.41) is -0.236. The molecule has 1 N–H and O–H groups in total. The summed E-state index contributed by atoms with van der Waals surface area (Å²) >= 11 is 0.